The Bertz CT molecular complexity index is 442. The standard InChI is InChI=1S/C9H9ClF2N2O3/c10-6-2-1-5(3-7(6)14(16)17)8(13)9(11,12)4-15/h1-3,8,15H,4,13H2/t8-/m1/s1. The van der Waals surface area contributed by atoms with Gasteiger partial charge in [0.25, 0.3) is 11.6 Å². The van der Waals surface area contributed by atoms with Gasteiger partial charge in [0.05, 0.1) is 11.0 Å². The second-order valence-electron chi connectivity index (χ2n) is 3.36. The zero-order valence-corrected chi connectivity index (χ0v) is 9.19. The fraction of sp³-hybridized carbons (Fsp3) is 0.333. The van der Waals surface area contributed by atoms with Gasteiger partial charge in [-0.15, -0.1) is 0 Å². The summed E-state index contributed by atoms with van der Waals surface area (Å²) in [6.07, 6.45) is 0. The molecule has 3 N–H and O–H groups in total. The number of alkyl halides is 2. The molecular weight excluding hydrogens is 258 g/mol. The molecule has 1 atom stereocenters. The minimum atomic E-state index is -3.55. The molecule has 5 nitrogen and oxygen atoms in total. The summed E-state index contributed by atoms with van der Waals surface area (Å²) < 4.78 is 26.2. The molecule has 17 heavy (non-hydrogen) atoms. The van der Waals surface area contributed by atoms with Crippen LogP contribution in [0.15, 0.2) is 18.2 Å². The molecular formula is C9H9ClF2N2O3. The lowest BCUT2D eigenvalue weighted by Crippen LogP contribution is -2.36. The Kier molecular flexibility index (Phi) is 3.97. The van der Waals surface area contributed by atoms with Gasteiger partial charge >= 0.3 is 0 Å². The number of nitro benzene ring substituents is 1. The predicted molar refractivity (Wildman–Crippen MR) is 57.1 cm³/mol. The summed E-state index contributed by atoms with van der Waals surface area (Å²) >= 11 is 5.52. The molecule has 0 amide bonds. The van der Waals surface area contributed by atoms with Crippen LogP contribution in [0.4, 0.5) is 14.5 Å². The number of hydrogen-bond donors (Lipinski definition) is 2. The van der Waals surface area contributed by atoms with Gasteiger partial charge in [0.15, 0.2) is 0 Å². The number of benzene rings is 1. The van der Waals surface area contributed by atoms with Gasteiger partial charge in [-0.3, -0.25) is 10.1 Å². The van der Waals surface area contributed by atoms with Crippen molar-refractivity contribution in [2.45, 2.75) is 12.0 Å². The molecule has 1 aromatic rings. The summed E-state index contributed by atoms with van der Waals surface area (Å²) in [4.78, 5) is 9.76. The van der Waals surface area contributed by atoms with Crippen LogP contribution in [0, 0.1) is 10.1 Å². The highest BCUT2D eigenvalue weighted by Gasteiger charge is 2.38. The lowest BCUT2D eigenvalue weighted by molar-refractivity contribution is -0.384. The van der Waals surface area contributed by atoms with Crippen LogP contribution in [0.25, 0.3) is 0 Å². The van der Waals surface area contributed by atoms with Crippen molar-refractivity contribution in [3.05, 3.63) is 38.9 Å². The maximum atomic E-state index is 13.1. The van der Waals surface area contributed by atoms with E-state index in [0.717, 1.165) is 18.2 Å². The number of nitrogens with two attached hydrogens (primary N) is 1. The highest BCUT2D eigenvalue weighted by atomic mass is 35.5. The molecule has 0 spiro atoms. The van der Waals surface area contributed by atoms with E-state index in [-0.39, 0.29) is 10.6 Å². The van der Waals surface area contributed by atoms with E-state index in [1.807, 2.05) is 0 Å². The minimum Gasteiger partial charge on any atom is -0.390 e. The molecule has 1 aromatic carbocycles. The Hall–Kier alpha value is -1.31. The van der Waals surface area contributed by atoms with Crippen LogP contribution in [0.3, 0.4) is 0 Å². The fourth-order valence-electron chi connectivity index (χ4n) is 1.21. The molecule has 0 heterocycles. The van der Waals surface area contributed by atoms with Crippen LogP contribution in [0.1, 0.15) is 11.6 Å². The number of nitrogens with zero attached hydrogens (tertiary/aromatic N) is 1. The van der Waals surface area contributed by atoms with Gasteiger partial charge in [0.1, 0.15) is 11.6 Å². The third kappa shape index (κ3) is 2.87. The largest absolute Gasteiger partial charge is 0.390 e. The highest BCUT2D eigenvalue weighted by molar-refractivity contribution is 6.32. The molecule has 0 fully saturated rings. The van der Waals surface area contributed by atoms with Crippen molar-refractivity contribution in [2.24, 2.45) is 5.73 Å². The second-order valence-corrected chi connectivity index (χ2v) is 3.77. The molecule has 0 aliphatic carbocycles. The summed E-state index contributed by atoms with van der Waals surface area (Å²) in [7, 11) is 0. The van der Waals surface area contributed by atoms with Gasteiger partial charge in [-0.2, -0.15) is 0 Å². The molecule has 0 saturated heterocycles. The monoisotopic (exact) mass is 266 g/mol. The number of hydrogen-bond acceptors (Lipinski definition) is 4. The van der Waals surface area contributed by atoms with Crippen LogP contribution < -0.4 is 5.73 Å². The molecule has 8 heteroatoms. The summed E-state index contributed by atoms with van der Waals surface area (Å²) in [5.74, 6) is -3.55. The maximum Gasteiger partial charge on any atom is 0.289 e. The third-order valence-electron chi connectivity index (χ3n) is 2.19. The molecule has 0 aliphatic rings. The van der Waals surface area contributed by atoms with E-state index in [9.17, 15) is 18.9 Å². The van der Waals surface area contributed by atoms with Crippen molar-refractivity contribution in [1.82, 2.24) is 0 Å². The molecule has 0 unspecified atom stereocenters. The fourth-order valence-corrected chi connectivity index (χ4v) is 1.39. The van der Waals surface area contributed by atoms with E-state index in [1.54, 1.807) is 0 Å². The second kappa shape index (κ2) is 4.91. The summed E-state index contributed by atoms with van der Waals surface area (Å²) in [5.41, 5.74) is 4.55. The summed E-state index contributed by atoms with van der Waals surface area (Å²) in [6, 6.07) is 1.31. The van der Waals surface area contributed by atoms with Crippen molar-refractivity contribution in [1.29, 1.82) is 0 Å². The first kappa shape index (κ1) is 13.8. The molecule has 0 radical (unpaired) electrons. The first-order valence-corrected chi connectivity index (χ1v) is 4.85. The third-order valence-corrected chi connectivity index (χ3v) is 2.51. The van der Waals surface area contributed by atoms with Crippen LogP contribution in [0.2, 0.25) is 5.02 Å². The van der Waals surface area contributed by atoms with E-state index in [2.05, 4.69) is 0 Å². The van der Waals surface area contributed by atoms with Crippen LogP contribution in [-0.4, -0.2) is 22.6 Å². The molecule has 0 aromatic heterocycles. The summed E-state index contributed by atoms with van der Waals surface area (Å²) in [5, 5.41) is 18.9. The van der Waals surface area contributed by atoms with Gasteiger partial charge < -0.3 is 10.8 Å². The van der Waals surface area contributed by atoms with Gasteiger partial charge in [0, 0.05) is 6.07 Å². The van der Waals surface area contributed by atoms with Crippen LogP contribution in [0.5, 0.6) is 0 Å². The van der Waals surface area contributed by atoms with Gasteiger partial charge in [0.2, 0.25) is 0 Å². The number of aliphatic hydroxyl groups is 1. The Balaban J connectivity index is 3.16. The number of rotatable bonds is 4. The molecule has 94 valence electrons. The Morgan fingerprint density at radius 2 is 2.18 bits per heavy atom. The van der Waals surface area contributed by atoms with Gasteiger partial charge in [-0.25, -0.2) is 8.78 Å². The van der Waals surface area contributed by atoms with Crippen molar-refractivity contribution < 1.29 is 18.8 Å². The average Bonchev–Trinajstić information content (AvgIpc) is 2.28. The lowest BCUT2D eigenvalue weighted by atomic mass is 10.0. The zero-order chi connectivity index (χ0) is 13.2. The molecule has 0 aliphatic heterocycles. The number of nitro groups is 1. The SMILES string of the molecule is N[C@H](c1ccc(Cl)c([N+](=O)[O-])c1)C(F)(F)CO. The van der Waals surface area contributed by atoms with E-state index in [4.69, 9.17) is 22.4 Å². The topological polar surface area (TPSA) is 89.4 Å². The van der Waals surface area contributed by atoms with E-state index in [1.165, 1.54) is 0 Å². The predicted octanol–water partition coefficient (Wildman–Crippen LogP) is 1.88. The van der Waals surface area contributed by atoms with Gasteiger partial charge in [-0.1, -0.05) is 17.7 Å². The molecule has 1 rings (SSSR count). The maximum absolute atomic E-state index is 13.1. The normalized spacial score (nSPS) is 13.5. The molecule has 0 saturated carbocycles. The van der Waals surface area contributed by atoms with Crippen molar-refractivity contribution in [2.75, 3.05) is 6.61 Å². The number of halogens is 3. The zero-order valence-electron chi connectivity index (χ0n) is 8.44. The quantitative estimate of drug-likeness (QED) is 0.643. The Morgan fingerprint density at radius 3 is 2.65 bits per heavy atom. The average molecular weight is 267 g/mol. The number of aliphatic hydroxyl groups excluding tert-OH is 1. The van der Waals surface area contributed by atoms with Crippen molar-refractivity contribution in [3.63, 3.8) is 0 Å². The van der Waals surface area contributed by atoms with Crippen molar-refractivity contribution >= 4 is 17.3 Å². The van der Waals surface area contributed by atoms with Gasteiger partial charge in [-0.05, 0) is 11.6 Å². The van der Waals surface area contributed by atoms with E-state index >= 15 is 0 Å². The van der Waals surface area contributed by atoms with Crippen LogP contribution in [-0.2, 0) is 0 Å². The summed E-state index contributed by atoms with van der Waals surface area (Å²) in [6.45, 7) is -1.44. The van der Waals surface area contributed by atoms with Crippen LogP contribution >= 0.6 is 11.6 Å². The Morgan fingerprint density at radius 1 is 1.59 bits per heavy atom. The first-order chi connectivity index (χ1) is 7.79. The van der Waals surface area contributed by atoms with E-state index < -0.39 is 29.2 Å². The lowest BCUT2D eigenvalue weighted by Gasteiger charge is -2.21. The minimum absolute atomic E-state index is 0.167. The Labute approximate surface area is 99.9 Å². The molecule has 0 bridgehead atoms. The highest BCUT2D eigenvalue weighted by Crippen LogP contribution is 2.33. The van der Waals surface area contributed by atoms with E-state index in [0.29, 0.717) is 0 Å². The smallest absolute Gasteiger partial charge is 0.289 e. The first-order valence-electron chi connectivity index (χ1n) is 4.47. The van der Waals surface area contributed by atoms with Crippen molar-refractivity contribution in [3.8, 4) is 0 Å².